The van der Waals surface area contributed by atoms with Gasteiger partial charge < -0.3 is 10.1 Å². The summed E-state index contributed by atoms with van der Waals surface area (Å²) < 4.78 is 7.37. The number of benzene rings is 3. The maximum Gasteiger partial charge on any atom is 0.252 e. The first kappa shape index (κ1) is 24.7. The van der Waals surface area contributed by atoms with Crippen molar-refractivity contribution in [1.29, 1.82) is 0 Å². The molecule has 1 unspecified atom stereocenters. The molecule has 0 saturated carbocycles. The molecule has 2 amide bonds. The lowest BCUT2D eigenvalue weighted by Gasteiger charge is -2.12. The van der Waals surface area contributed by atoms with E-state index < -0.39 is 17.7 Å². The molecule has 1 atom stereocenters. The molecular weight excluding hydrogens is 550 g/mol. The number of halogens is 2. The van der Waals surface area contributed by atoms with Crippen molar-refractivity contribution in [3.63, 3.8) is 0 Å². The van der Waals surface area contributed by atoms with Crippen LogP contribution in [-0.4, -0.2) is 18.0 Å². The Morgan fingerprint density at radius 3 is 2.42 bits per heavy atom. The van der Waals surface area contributed by atoms with Crippen LogP contribution >= 0.6 is 31.9 Å². The van der Waals surface area contributed by atoms with E-state index in [0.717, 1.165) is 20.1 Å². The number of hydrazone groups is 1. The number of amides is 2. The molecule has 170 valence electrons. The Bertz CT molecular complexity index is 1160. The summed E-state index contributed by atoms with van der Waals surface area (Å²) in [5.74, 6) is -1.15. The summed E-state index contributed by atoms with van der Waals surface area (Å²) in [5, 5.41) is 6.69. The number of nitrogens with zero attached hydrogens (tertiary/aromatic N) is 1. The molecule has 33 heavy (non-hydrogen) atoms. The fraction of sp³-hybridized carbons (Fsp3) is 0.160. The molecule has 6 nitrogen and oxygen atoms in total. The number of para-hydroxylation sites is 1. The number of nitrogens with one attached hydrogen (secondary N) is 2. The zero-order valence-electron chi connectivity index (χ0n) is 18.1. The fourth-order valence-corrected chi connectivity index (χ4v) is 3.64. The molecule has 0 aliphatic carbocycles. The highest BCUT2D eigenvalue weighted by molar-refractivity contribution is 9.11. The smallest absolute Gasteiger partial charge is 0.252 e. The van der Waals surface area contributed by atoms with E-state index >= 15 is 0 Å². The lowest BCUT2D eigenvalue weighted by Crippen LogP contribution is -2.34. The minimum Gasteiger partial charge on any atom is -0.488 e. The number of carbonyl (C=O) groups excluding carboxylic acids is 2. The zero-order chi connectivity index (χ0) is 23.8. The van der Waals surface area contributed by atoms with Gasteiger partial charge in [-0.3, -0.25) is 9.59 Å². The summed E-state index contributed by atoms with van der Waals surface area (Å²) in [6.07, 6.45) is 1.50. The molecule has 0 aromatic heterocycles. The summed E-state index contributed by atoms with van der Waals surface area (Å²) in [5.41, 5.74) is 6.05. The molecule has 0 bridgehead atoms. The number of carbonyl (C=O) groups is 2. The monoisotopic (exact) mass is 571 g/mol. The summed E-state index contributed by atoms with van der Waals surface area (Å²) >= 11 is 6.86. The molecule has 3 aromatic rings. The van der Waals surface area contributed by atoms with Gasteiger partial charge in [0.1, 0.15) is 18.3 Å². The third-order valence-corrected chi connectivity index (χ3v) is 6.09. The molecule has 8 heteroatoms. The number of rotatable bonds is 8. The van der Waals surface area contributed by atoms with Crippen molar-refractivity contribution in [2.24, 2.45) is 11.0 Å². The van der Waals surface area contributed by atoms with E-state index in [-0.39, 0.29) is 0 Å². The molecule has 0 heterocycles. The summed E-state index contributed by atoms with van der Waals surface area (Å²) in [6.45, 7) is 4.03. The lowest BCUT2D eigenvalue weighted by molar-refractivity contribution is -0.131. The zero-order valence-corrected chi connectivity index (χ0v) is 21.3. The maximum absolute atomic E-state index is 12.3. The van der Waals surface area contributed by atoms with Crippen molar-refractivity contribution in [2.75, 3.05) is 5.32 Å². The van der Waals surface area contributed by atoms with E-state index in [4.69, 9.17) is 4.74 Å². The third kappa shape index (κ3) is 7.27. The van der Waals surface area contributed by atoms with Crippen LogP contribution in [0.25, 0.3) is 0 Å². The van der Waals surface area contributed by atoms with Crippen molar-refractivity contribution in [1.82, 2.24) is 5.43 Å². The van der Waals surface area contributed by atoms with Crippen molar-refractivity contribution >= 4 is 55.6 Å². The maximum atomic E-state index is 12.3. The first-order valence-electron chi connectivity index (χ1n) is 10.2. The van der Waals surface area contributed by atoms with Crippen LogP contribution in [0.15, 0.2) is 80.8 Å². The summed E-state index contributed by atoms with van der Waals surface area (Å²) in [7, 11) is 0. The molecule has 3 aromatic carbocycles. The standard InChI is InChI=1S/C25H23Br2N3O3/c1-16-7-9-18(10-8-16)15-33-23-12-11-19(13-21(23)27)14-28-30-25(32)17(2)24(31)29-22-6-4-3-5-20(22)26/h3-14,17H,15H2,1-2H3,(H,29,31)(H,30,32). The quantitative estimate of drug-likeness (QED) is 0.203. The Labute approximate surface area is 209 Å². The van der Waals surface area contributed by atoms with Gasteiger partial charge in [0, 0.05) is 4.47 Å². The lowest BCUT2D eigenvalue weighted by atomic mass is 10.1. The summed E-state index contributed by atoms with van der Waals surface area (Å²) in [6, 6.07) is 20.8. The van der Waals surface area contributed by atoms with Crippen LogP contribution in [-0.2, 0) is 16.2 Å². The van der Waals surface area contributed by atoms with Gasteiger partial charge in [0.15, 0.2) is 0 Å². The molecule has 2 N–H and O–H groups in total. The van der Waals surface area contributed by atoms with E-state index in [1.54, 1.807) is 12.1 Å². The average Bonchev–Trinajstić information content (AvgIpc) is 2.80. The Hall–Kier alpha value is -2.97. The first-order chi connectivity index (χ1) is 15.8. The molecule has 0 radical (unpaired) electrons. The van der Waals surface area contributed by atoms with Gasteiger partial charge in [-0.2, -0.15) is 5.10 Å². The Balaban J connectivity index is 1.52. The van der Waals surface area contributed by atoms with Crippen LogP contribution in [0.3, 0.4) is 0 Å². The average molecular weight is 573 g/mol. The Morgan fingerprint density at radius 2 is 1.73 bits per heavy atom. The highest BCUT2D eigenvalue weighted by Crippen LogP contribution is 2.26. The van der Waals surface area contributed by atoms with E-state index in [9.17, 15) is 9.59 Å². The van der Waals surface area contributed by atoms with Gasteiger partial charge in [-0.15, -0.1) is 0 Å². The van der Waals surface area contributed by atoms with Gasteiger partial charge in [-0.25, -0.2) is 5.43 Å². The molecule has 0 saturated heterocycles. The van der Waals surface area contributed by atoms with Crippen LogP contribution in [0, 0.1) is 12.8 Å². The van der Waals surface area contributed by atoms with Gasteiger partial charge >= 0.3 is 0 Å². The van der Waals surface area contributed by atoms with Crippen LogP contribution in [0.2, 0.25) is 0 Å². The fourth-order valence-electron chi connectivity index (χ4n) is 2.75. The second-order valence-electron chi connectivity index (χ2n) is 7.39. The minimum absolute atomic E-state index is 0.424. The predicted octanol–water partition coefficient (Wildman–Crippen LogP) is 5.82. The van der Waals surface area contributed by atoms with Gasteiger partial charge in [0.25, 0.3) is 5.91 Å². The van der Waals surface area contributed by atoms with Crippen LogP contribution in [0.1, 0.15) is 23.6 Å². The SMILES string of the molecule is Cc1ccc(COc2ccc(C=NNC(=O)C(C)C(=O)Nc3ccccc3Br)cc2Br)cc1. The largest absolute Gasteiger partial charge is 0.488 e. The number of ether oxygens (including phenoxy) is 1. The molecule has 3 rings (SSSR count). The Morgan fingerprint density at radius 1 is 1.00 bits per heavy atom. The van der Waals surface area contributed by atoms with E-state index in [1.807, 2.05) is 61.5 Å². The second kappa shape index (κ2) is 11.8. The van der Waals surface area contributed by atoms with Crippen molar-refractivity contribution in [3.05, 3.63) is 92.4 Å². The third-order valence-electron chi connectivity index (χ3n) is 4.78. The normalized spacial score (nSPS) is 11.8. The van der Waals surface area contributed by atoms with E-state index in [2.05, 4.69) is 47.7 Å². The van der Waals surface area contributed by atoms with Gasteiger partial charge in [-0.1, -0.05) is 42.0 Å². The number of hydrogen-bond acceptors (Lipinski definition) is 4. The number of hydrogen-bond donors (Lipinski definition) is 2. The Kier molecular flexibility index (Phi) is 8.79. The van der Waals surface area contributed by atoms with Crippen molar-refractivity contribution in [2.45, 2.75) is 20.5 Å². The molecule has 0 spiro atoms. The minimum atomic E-state index is -0.918. The van der Waals surface area contributed by atoms with Gasteiger partial charge in [0.05, 0.1) is 16.4 Å². The van der Waals surface area contributed by atoms with Crippen LogP contribution in [0.4, 0.5) is 5.69 Å². The predicted molar refractivity (Wildman–Crippen MR) is 137 cm³/mol. The molecule has 0 fully saturated rings. The number of anilines is 1. The highest BCUT2D eigenvalue weighted by Gasteiger charge is 2.21. The number of aryl methyl sites for hydroxylation is 1. The highest BCUT2D eigenvalue weighted by atomic mass is 79.9. The van der Waals surface area contributed by atoms with Gasteiger partial charge in [-0.05, 0) is 87.2 Å². The molecule has 0 aliphatic heterocycles. The first-order valence-corrected chi connectivity index (χ1v) is 11.8. The van der Waals surface area contributed by atoms with Crippen molar-refractivity contribution in [3.8, 4) is 5.75 Å². The molecule has 0 aliphatic rings. The van der Waals surface area contributed by atoms with Crippen LogP contribution in [0.5, 0.6) is 5.75 Å². The summed E-state index contributed by atoms with van der Waals surface area (Å²) in [4.78, 5) is 24.6. The topological polar surface area (TPSA) is 79.8 Å². The van der Waals surface area contributed by atoms with Gasteiger partial charge in [0.2, 0.25) is 5.91 Å². The van der Waals surface area contributed by atoms with E-state index in [1.165, 1.54) is 18.7 Å². The van der Waals surface area contributed by atoms with E-state index in [0.29, 0.717) is 18.0 Å². The molecular formula is C25H23Br2N3O3. The van der Waals surface area contributed by atoms with Crippen molar-refractivity contribution < 1.29 is 14.3 Å². The second-order valence-corrected chi connectivity index (χ2v) is 9.10. The van der Waals surface area contributed by atoms with Crippen LogP contribution < -0.4 is 15.5 Å².